The van der Waals surface area contributed by atoms with E-state index >= 15 is 0 Å². The zero-order valence-corrected chi connectivity index (χ0v) is 34.7. The van der Waals surface area contributed by atoms with Gasteiger partial charge in [0.2, 0.25) is 0 Å². The average molecular weight is 806 g/mol. The van der Waals surface area contributed by atoms with Gasteiger partial charge >= 0.3 is 0 Å². The van der Waals surface area contributed by atoms with Crippen molar-refractivity contribution in [2.24, 2.45) is 0 Å². The van der Waals surface area contributed by atoms with Crippen molar-refractivity contribution in [3.63, 3.8) is 0 Å². The molecule has 0 aliphatic heterocycles. The molecule has 0 atom stereocenters. The molecular formula is C60H43N3. The van der Waals surface area contributed by atoms with Gasteiger partial charge < -0.3 is 14.4 Å². The zero-order chi connectivity index (χ0) is 42.0. The molecule has 0 saturated carbocycles. The van der Waals surface area contributed by atoms with Crippen molar-refractivity contribution >= 4 is 55.9 Å². The van der Waals surface area contributed by atoms with Crippen LogP contribution in [0.25, 0.3) is 60.9 Å². The molecule has 0 spiro atoms. The number of hydrogen-bond donors (Lipinski definition) is 0. The Kier molecular flexibility index (Phi) is 9.89. The van der Waals surface area contributed by atoms with Crippen LogP contribution in [0.15, 0.2) is 261 Å². The predicted molar refractivity (Wildman–Crippen MR) is 266 cm³/mol. The summed E-state index contributed by atoms with van der Waals surface area (Å²) in [5.74, 6) is 0. The quantitative estimate of drug-likeness (QED) is 0.136. The average Bonchev–Trinajstić information content (AvgIpc) is 3.70. The standard InChI is InChI=1S/C60H43N3/c1-5-17-44(18-6-1)46-31-36-52(37-32-46)61(53-38-33-47(34-39-53)45-19-7-2-8-20-45)55-27-16-28-56(43-55)62(50-22-9-3-10-23-50)54-26-15-21-48(41-54)49-35-40-58-57-29-13-14-30-59(57)63(60(58)42-49)51-24-11-4-12-25-51/h1-43H. The molecule has 10 aromatic carbocycles. The summed E-state index contributed by atoms with van der Waals surface area (Å²) in [7, 11) is 0. The lowest BCUT2D eigenvalue weighted by Crippen LogP contribution is -2.13. The molecule has 298 valence electrons. The van der Waals surface area contributed by atoms with Crippen LogP contribution in [0.2, 0.25) is 0 Å². The number of nitrogens with zero attached hydrogens (tertiary/aromatic N) is 3. The summed E-state index contributed by atoms with van der Waals surface area (Å²) in [5, 5.41) is 2.49. The first-order valence-electron chi connectivity index (χ1n) is 21.5. The third kappa shape index (κ3) is 7.32. The molecule has 0 N–H and O–H groups in total. The van der Waals surface area contributed by atoms with Crippen LogP contribution < -0.4 is 9.80 Å². The van der Waals surface area contributed by atoms with Crippen molar-refractivity contribution in [2.75, 3.05) is 9.80 Å². The second-order valence-corrected chi connectivity index (χ2v) is 15.8. The summed E-state index contributed by atoms with van der Waals surface area (Å²) in [4.78, 5) is 4.72. The van der Waals surface area contributed by atoms with Gasteiger partial charge in [-0.1, -0.05) is 170 Å². The van der Waals surface area contributed by atoms with Crippen LogP contribution in [0.3, 0.4) is 0 Å². The number of aromatic nitrogens is 1. The Bertz CT molecular complexity index is 3220. The van der Waals surface area contributed by atoms with Gasteiger partial charge in [0.25, 0.3) is 0 Å². The van der Waals surface area contributed by atoms with Gasteiger partial charge in [-0.2, -0.15) is 0 Å². The van der Waals surface area contributed by atoms with E-state index in [4.69, 9.17) is 0 Å². The van der Waals surface area contributed by atoms with E-state index in [0.29, 0.717) is 0 Å². The molecule has 11 aromatic rings. The van der Waals surface area contributed by atoms with E-state index in [2.05, 4.69) is 275 Å². The molecule has 0 fully saturated rings. The summed E-state index contributed by atoms with van der Waals surface area (Å²) in [6.07, 6.45) is 0. The van der Waals surface area contributed by atoms with Crippen molar-refractivity contribution in [2.45, 2.75) is 0 Å². The summed E-state index contributed by atoms with van der Waals surface area (Å²) >= 11 is 0. The minimum absolute atomic E-state index is 1.06. The monoisotopic (exact) mass is 805 g/mol. The number of hydrogen-bond acceptors (Lipinski definition) is 2. The second kappa shape index (κ2) is 16.6. The topological polar surface area (TPSA) is 11.4 Å². The highest BCUT2D eigenvalue weighted by molar-refractivity contribution is 6.10. The van der Waals surface area contributed by atoms with Crippen molar-refractivity contribution in [3.05, 3.63) is 261 Å². The van der Waals surface area contributed by atoms with Gasteiger partial charge in [-0.25, -0.2) is 0 Å². The second-order valence-electron chi connectivity index (χ2n) is 15.8. The Morgan fingerprint density at radius 2 is 0.603 bits per heavy atom. The van der Waals surface area contributed by atoms with E-state index < -0.39 is 0 Å². The maximum atomic E-state index is 2.38. The lowest BCUT2D eigenvalue weighted by atomic mass is 10.0. The molecule has 0 amide bonds. The van der Waals surface area contributed by atoms with Gasteiger partial charge in [0.05, 0.1) is 11.0 Å². The van der Waals surface area contributed by atoms with E-state index in [1.807, 2.05) is 0 Å². The third-order valence-electron chi connectivity index (χ3n) is 12.0. The van der Waals surface area contributed by atoms with Crippen LogP contribution in [0.1, 0.15) is 0 Å². The van der Waals surface area contributed by atoms with Gasteiger partial charge in [-0.05, 0) is 124 Å². The third-order valence-corrected chi connectivity index (χ3v) is 12.0. The van der Waals surface area contributed by atoms with Crippen LogP contribution in [0.4, 0.5) is 34.1 Å². The largest absolute Gasteiger partial charge is 0.310 e. The first-order chi connectivity index (χ1) is 31.2. The number of benzene rings is 10. The highest BCUT2D eigenvalue weighted by Gasteiger charge is 2.19. The number of anilines is 6. The molecule has 0 aliphatic carbocycles. The van der Waals surface area contributed by atoms with Crippen LogP contribution >= 0.6 is 0 Å². The fourth-order valence-corrected chi connectivity index (χ4v) is 8.94. The van der Waals surface area contributed by atoms with Crippen molar-refractivity contribution < 1.29 is 0 Å². The molecule has 0 unspecified atom stereocenters. The van der Waals surface area contributed by atoms with Crippen LogP contribution in [0, 0.1) is 0 Å². The first-order valence-corrected chi connectivity index (χ1v) is 21.5. The molecule has 0 radical (unpaired) electrons. The molecule has 1 aromatic heterocycles. The van der Waals surface area contributed by atoms with E-state index in [1.54, 1.807) is 0 Å². The molecule has 3 nitrogen and oxygen atoms in total. The minimum Gasteiger partial charge on any atom is -0.310 e. The SMILES string of the molecule is c1ccc(-c2ccc(N(c3ccc(-c4ccccc4)cc3)c3cccc(N(c4ccccc4)c4cccc(-c5ccc6c7ccccc7n(-c7ccccc7)c6c5)c4)c3)cc2)cc1. The van der Waals surface area contributed by atoms with E-state index in [9.17, 15) is 0 Å². The Labute approximate surface area is 368 Å². The number of para-hydroxylation sites is 3. The maximum Gasteiger partial charge on any atom is 0.0547 e. The molecule has 63 heavy (non-hydrogen) atoms. The highest BCUT2D eigenvalue weighted by atomic mass is 15.2. The molecular weight excluding hydrogens is 763 g/mol. The number of fused-ring (bicyclic) bond motifs is 3. The van der Waals surface area contributed by atoms with Crippen LogP contribution in [-0.2, 0) is 0 Å². The molecule has 0 aliphatic rings. The minimum atomic E-state index is 1.06. The molecule has 0 bridgehead atoms. The fourth-order valence-electron chi connectivity index (χ4n) is 8.94. The van der Waals surface area contributed by atoms with Crippen molar-refractivity contribution in [3.8, 4) is 39.1 Å². The summed E-state index contributed by atoms with van der Waals surface area (Å²) in [6.45, 7) is 0. The Balaban J connectivity index is 1.02. The van der Waals surface area contributed by atoms with Crippen LogP contribution in [-0.4, -0.2) is 4.57 Å². The highest BCUT2D eigenvalue weighted by Crippen LogP contribution is 2.43. The van der Waals surface area contributed by atoms with E-state index in [-0.39, 0.29) is 0 Å². The van der Waals surface area contributed by atoms with Gasteiger partial charge in [-0.15, -0.1) is 0 Å². The molecule has 1 heterocycles. The van der Waals surface area contributed by atoms with E-state index in [1.165, 1.54) is 44.1 Å². The van der Waals surface area contributed by atoms with Crippen molar-refractivity contribution in [1.29, 1.82) is 0 Å². The Morgan fingerprint density at radius 1 is 0.222 bits per heavy atom. The summed E-state index contributed by atoms with van der Waals surface area (Å²) in [5.41, 5.74) is 17.0. The number of rotatable bonds is 10. The van der Waals surface area contributed by atoms with Gasteiger partial charge in [-0.3, -0.25) is 0 Å². The normalized spacial score (nSPS) is 11.2. The van der Waals surface area contributed by atoms with Gasteiger partial charge in [0.1, 0.15) is 0 Å². The fraction of sp³-hybridized carbons (Fsp3) is 0. The Hall–Kier alpha value is -8.40. The lowest BCUT2D eigenvalue weighted by molar-refractivity contribution is 1.18. The van der Waals surface area contributed by atoms with Crippen LogP contribution in [0.5, 0.6) is 0 Å². The predicted octanol–water partition coefficient (Wildman–Crippen LogP) is 16.7. The zero-order valence-electron chi connectivity index (χ0n) is 34.7. The first kappa shape index (κ1) is 37.6. The summed E-state index contributed by atoms with van der Waals surface area (Å²) in [6, 6.07) is 93.7. The van der Waals surface area contributed by atoms with Gasteiger partial charge in [0.15, 0.2) is 0 Å². The maximum absolute atomic E-state index is 2.38. The van der Waals surface area contributed by atoms with Gasteiger partial charge in [0, 0.05) is 50.6 Å². The lowest BCUT2D eigenvalue weighted by Gasteiger charge is -2.30. The molecule has 0 saturated heterocycles. The smallest absolute Gasteiger partial charge is 0.0547 e. The van der Waals surface area contributed by atoms with E-state index in [0.717, 1.165) is 50.9 Å². The van der Waals surface area contributed by atoms with Crippen molar-refractivity contribution in [1.82, 2.24) is 4.57 Å². The molecule has 11 rings (SSSR count). The Morgan fingerprint density at radius 3 is 1.21 bits per heavy atom. The summed E-state index contributed by atoms with van der Waals surface area (Å²) < 4.78 is 2.38. The molecule has 3 heteroatoms.